The van der Waals surface area contributed by atoms with Gasteiger partial charge in [0.2, 0.25) is 0 Å². The number of nitrogens with one attached hydrogen (secondary N) is 1. The number of esters is 2. The molecule has 1 atom stereocenters. The van der Waals surface area contributed by atoms with Crippen molar-refractivity contribution in [2.24, 2.45) is 0 Å². The van der Waals surface area contributed by atoms with Crippen molar-refractivity contribution < 1.29 is 28.6 Å². The van der Waals surface area contributed by atoms with Gasteiger partial charge >= 0.3 is 11.9 Å². The summed E-state index contributed by atoms with van der Waals surface area (Å²) in [5.41, 5.74) is 0. The van der Waals surface area contributed by atoms with Crippen molar-refractivity contribution in [1.82, 2.24) is 5.32 Å². The molecule has 0 spiro atoms. The molecule has 7 nitrogen and oxygen atoms in total. The Balaban J connectivity index is 2.67. The van der Waals surface area contributed by atoms with Crippen LogP contribution in [-0.4, -0.2) is 44.7 Å². The number of benzene rings is 1. The number of amides is 1. The molecule has 0 aliphatic carbocycles. The Morgan fingerprint density at radius 2 is 1.67 bits per heavy atom. The predicted octanol–water partition coefficient (Wildman–Crippen LogP) is 2.25. The molecule has 1 aromatic rings. The molecule has 1 rings (SSSR count). The van der Waals surface area contributed by atoms with Crippen molar-refractivity contribution in [3.63, 3.8) is 0 Å². The number of hydrogen-bond acceptors (Lipinski definition) is 6. The summed E-state index contributed by atoms with van der Waals surface area (Å²) in [6.45, 7) is -0.466. The van der Waals surface area contributed by atoms with Gasteiger partial charge in [-0.3, -0.25) is 9.59 Å². The van der Waals surface area contributed by atoms with E-state index in [0.717, 1.165) is 14.2 Å². The minimum Gasteiger partial charge on any atom is -0.482 e. The van der Waals surface area contributed by atoms with E-state index in [1.54, 1.807) is 0 Å². The van der Waals surface area contributed by atoms with Gasteiger partial charge in [0.1, 0.15) is 11.8 Å². The highest BCUT2D eigenvalue weighted by molar-refractivity contribution is 6.43. The molecule has 0 aliphatic rings. The Hall–Kier alpha value is -1.70. The topological polar surface area (TPSA) is 90.9 Å². The first kappa shape index (κ1) is 20.3. The van der Waals surface area contributed by atoms with Crippen molar-refractivity contribution in [2.45, 2.75) is 12.5 Å². The van der Waals surface area contributed by atoms with Gasteiger partial charge in [0, 0.05) is 6.07 Å². The molecule has 0 aromatic heterocycles. The molecule has 132 valence electrons. The maximum Gasteiger partial charge on any atom is 0.328 e. The summed E-state index contributed by atoms with van der Waals surface area (Å²) < 4.78 is 14.2. The van der Waals surface area contributed by atoms with Crippen molar-refractivity contribution in [1.29, 1.82) is 0 Å². The molecule has 0 heterocycles. The van der Waals surface area contributed by atoms with Crippen LogP contribution in [0.2, 0.25) is 15.1 Å². The van der Waals surface area contributed by atoms with Crippen LogP contribution in [-0.2, 0) is 23.9 Å². The lowest BCUT2D eigenvalue weighted by Crippen LogP contribution is -2.44. The summed E-state index contributed by atoms with van der Waals surface area (Å²) in [6.07, 6.45) is -0.373. The Morgan fingerprint density at radius 3 is 2.25 bits per heavy atom. The van der Waals surface area contributed by atoms with E-state index in [4.69, 9.17) is 39.5 Å². The van der Waals surface area contributed by atoms with Crippen LogP contribution in [0.1, 0.15) is 6.42 Å². The largest absolute Gasteiger partial charge is 0.482 e. The molecule has 0 aliphatic heterocycles. The molecule has 0 bridgehead atoms. The molecule has 0 radical (unpaired) electrons. The van der Waals surface area contributed by atoms with Crippen molar-refractivity contribution >= 4 is 52.6 Å². The number of methoxy groups -OCH3 is 2. The van der Waals surface area contributed by atoms with Gasteiger partial charge in [-0.25, -0.2) is 4.79 Å². The second kappa shape index (κ2) is 9.56. The van der Waals surface area contributed by atoms with E-state index < -0.39 is 30.5 Å². The third-order valence-electron chi connectivity index (χ3n) is 2.75. The van der Waals surface area contributed by atoms with E-state index in [-0.39, 0.29) is 27.2 Å². The van der Waals surface area contributed by atoms with Crippen LogP contribution in [0.4, 0.5) is 0 Å². The quantitative estimate of drug-likeness (QED) is 0.559. The minimum atomic E-state index is -1.19. The van der Waals surface area contributed by atoms with Crippen molar-refractivity contribution in [2.75, 3.05) is 20.8 Å². The fourth-order valence-electron chi connectivity index (χ4n) is 1.58. The highest BCUT2D eigenvalue weighted by atomic mass is 35.5. The lowest BCUT2D eigenvalue weighted by atomic mass is 10.2. The van der Waals surface area contributed by atoms with E-state index in [9.17, 15) is 14.4 Å². The van der Waals surface area contributed by atoms with E-state index in [1.807, 2.05) is 0 Å². The number of ether oxygens (including phenoxy) is 3. The average molecular weight is 399 g/mol. The number of hydrogen-bond donors (Lipinski definition) is 1. The van der Waals surface area contributed by atoms with Gasteiger partial charge in [0.15, 0.2) is 6.61 Å². The number of carbonyl (C=O) groups is 3. The molecular weight excluding hydrogens is 385 g/mol. The summed E-state index contributed by atoms with van der Waals surface area (Å²) >= 11 is 17.5. The van der Waals surface area contributed by atoms with E-state index >= 15 is 0 Å². The molecule has 10 heteroatoms. The van der Waals surface area contributed by atoms with Crippen LogP contribution in [0.15, 0.2) is 12.1 Å². The molecule has 1 N–H and O–H groups in total. The fourth-order valence-corrected chi connectivity index (χ4v) is 2.17. The summed E-state index contributed by atoms with van der Waals surface area (Å²) in [6, 6.07) is 1.53. The first-order valence-electron chi connectivity index (χ1n) is 6.49. The zero-order valence-corrected chi connectivity index (χ0v) is 15.0. The smallest absolute Gasteiger partial charge is 0.328 e. The van der Waals surface area contributed by atoms with Gasteiger partial charge in [-0.15, -0.1) is 0 Å². The van der Waals surface area contributed by atoms with Crippen LogP contribution in [0.25, 0.3) is 0 Å². The van der Waals surface area contributed by atoms with Crippen LogP contribution in [0.5, 0.6) is 5.75 Å². The van der Waals surface area contributed by atoms with Crippen LogP contribution >= 0.6 is 34.8 Å². The van der Waals surface area contributed by atoms with Crippen molar-refractivity contribution in [3.05, 3.63) is 27.2 Å². The van der Waals surface area contributed by atoms with Crippen LogP contribution in [0.3, 0.4) is 0 Å². The number of halogens is 3. The molecule has 0 saturated carbocycles. The molecule has 1 unspecified atom stereocenters. The maximum absolute atomic E-state index is 11.9. The molecule has 0 saturated heterocycles. The molecule has 0 fully saturated rings. The van der Waals surface area contributed by atoms with Gasteiger partial charge in [-0.2, -0.15) is 0 Å². The summed E-state index contributed by atoms with van der Waals surface area (Å²) in [5, 5.41) is 2.91. The average Bonchev–Trinajstić information content (AvgIpc) is 2.55. The van der Waals surface area contributed by atoms with Gasteiger partial charge in [-0.1, -0.05) is 34.8 Å². The fraction of sp³-hybridized carbons (Fsp3) is 0.357. The van der Waals surface area contributed by atoms with Gasteiger partial charge in [0.05, 0.1) is 35.7 Å². The Labute approximate surface area is 153 Å². The number of carbonyl (C=O) groups excluding carboxylic acids is 3. The first-order chi connectivity index (χ1) is 11.3. The Kier molecular flexibility index (Phi) is 8.10. The highest BCUT2D eigenvalue weighted by Crippen LogP contribution is 2.33. The second-order valence-electron chi connectivity index (χ2n) is 4.41. The molecule has 24 heavy (non-hydrogen) atoms. The standard InChI is InChI=1S/C14H14Cl3NO6/c1-22-13(20)5-10(14(21)23-2)18-12(19)6-24-11-4-8(16)7(15)3-9(11)17/h3-4,10H,5-6H2,1-2H3,(H,18,19). The summed E-state index contributed by atoms with van der Waals surface area (Å²) in [4.78, 5) is 34.7. The SMILES string of the molecule is COC(=O)CC(NC(=O)COc1cc(Cl)c(Cl)cc1Cl)C(=O)OC. The zero-order valence-electron chi connectivity index (χ0n) is 12.7. The lowest BCUT2D eigenvalue weighted by Gasteiger charge is -2.16. The van der Waals surface area contributed by atoms with Gasteiger partial charge in [-0.05, 0) is 6.07 Å². The molecule has 1 aromatic carbocycles. The Morgan fingerprint density at radius 1 is 1.04 bits per heavy atom. The molecule has 1 amide bonds. The third-order valence-corrected chi connectivity index (χ3v) is 3.77. The molecular formula is C14H14Cl3NO6. The van der Waals surface area contributed by atoms with Crippen LogP contribution in [0, 0.1) is 0 Å². The third kappa shape index (κ3) is 6.07. The van der Waals surface area contributed by atoms with Gasteiger partial charge in [0.25, 0.3) is 5.91 Å². The first-order valence-corrected chi connectivity index (χ1v) is 7.63. The van der Waals surface area contributed by atoms with E-state index in [2.05, 4.69) is 14.8 Å². The summed E-state index contributed by atoms with van der Waals surface area (Å²) in [5.74, 6) is -2.00. The van der Waals surface area contributed by atoms with Crippen molar-refractivity contribution in [3.8, 4) is 5.75 Å². The van der Waals surface area contributed by atoms with Gasteiger partial charge < -0.3 is 19.5 Å². The summed E-state index contributed by atoms with van der Waals surface area (Å²) in [7, 11) is 2.29. The second-order valence-corrected chi connectivity index (χ2v) is 5.63. The zero-order chi connectivity index (χ0) is 18.3. The maximum atomic E-state index is 11.9. The van der Waals surface area contributed by atoms with Crippen LogP contribution < -0.4 is 10.1 Å². The van der Waals surface area contributed by atoms with E-state index in [1.165, 1.54) is 12.1 Å². The lowest BCUT2D eigenvalue weighted by molar-refractivity contribution is -0.150. The Bertz CT molecular complexity index is 637. The number of rotatable bonds is 7. The normalized spacial score (nSPS) is 11.4. The minimum absolute atomic E-state index is 0.142. The predicted molar refractivity (Wildman–Crippen MR) is 87.5 cm³/mol. The monoisotopic (exact) mass is 397 g/mol. The van der Waals surface area contributed by atoms with E-state index in [0.29, 0.717) is 0 Å². The highest BCUT2D eigenvalue weighted by Gasteiger charge is 2.25.